The van der Waals surface area contributed by atoms with Gasteiger partial charge in [0.15, 0.2) is 6.10 Å². The number of ether oxygens (including phenoxy) is 1. The van der Waals surface area contributed by atoms with Gasteiger partial charge in [0.2, 0.25) is 0 Å². The van der Waals surface area contributed by atoms with Crippen LogP contribution in [0.4, 0.5) is 0 Å². The summed E-state index contributed by atoms with van der Waals surface area (Å²) in [4.78, 5) is 14.5. The van der Waals surface area contributed by atoms with Gasteiger partial charge < -0.3 is 9.64 Å². The molecular weight excluding hydrogens is 294 g/mol. The number of piperidine rings is 1. The SMILES string of the molecule is CC(Oc1ccc(-n2cnnn2)cc1)C(=O)N1CCCCC1C. The summed E-state index contributed by atoms with van der Waals surface area (Å²) in [5, 5.41) is 11.0. The van der Waals surface area contributed by atoms with E-state index in [1.807, 2.05) is 29.2 Å². The van der Waals surface area contributed by atoms with E-state index in [1.54, 1.807) is 11.6 Å². The lowest BCUT2D eigenvalue weighted by Gasteiger charge is -2.35. The molecule has 0 saturated carbocycles. The van der Waals surface area contributed by atoms with Crippen LogP contribution in [0.1, 0.15) is 33.1 Å². The van der Waals surface area contributed by atoms with Gasteiger partial charge in [0.05, 0.1) is 5.69 Å². The Bertz CT molecular complexity index is 641. The summed E-state index contributed by atoms with van der Waals surface area (Å²) >= 11 is 0. The zero-order chi connectivity index (χ0) is 16.2. The Morgan fingerprint density at radius 2 is 2.09 bits per heavy atom. The van der Waals surface area contributed by atoms with Crippen molar-refractivity contribution in [2.45, 2.75) is 45.3 Å². The van der Waals surface area contributed by atoms with Gasteiger partial charge in [0.1, 0.15) is 12.1 Å². The largest absolute Gasteiger partial charge is 0.481 e. The third-order valence-corrected chi connectivity index (χ3v) is 4.20. The fourth-order valence-corrected chi connectivity index (χ4v) is 2.87. The molecular formula is C16H21N5O2. The summed E-state index contributed by atoms with van der Waals surface area (Å²) in [7, 11) is 0. The van der Waals surface area contributed by atoms with E-state index in [9.17, 15) is 4.79 Å². The fraction of sp³-hybridized carbons (Fsp3) is 0.500. The Balaban J connectivity index is 1.63. The molecule has 2 heterocycles. The molecule has 3 rings (SSSR count). The van der Waals surface area contributed by atoms with Crippen molar-refractivity contribution < 1.29 is 9.53 Å². The van der Waals surface area contributed by atoms with Gasteiger partial charge in [-0.05, 0) is 67.8 Å². The van der Waals surface area contributed by atoms with Crippen molar-refractivity contribution in [1.82, 2.24) is 25.1 Å². The van der Waals surface area contributed by atoms with Crippen molar-refractivity contribution in [3.8, 4) is 11.4 Å². The summed E-state index contributed by atoms with van der Waals surface area (Å²) in [5.74, 6) is 0.717. The van der Waals surface area contributed by atoms with Gasteiger partial charge in [-0.1, -0.05) is 0 Å². The first-order valence-electron chi connectivity index (χ1n) is 7.95. The second-order valence-electron chi connectivity index (χ2n) is 5.88. The van der Waals surface area contributed by atoms with Crippen LogP contribution in [0, 0.1) is 0 Å². The van der Waals surface area contributed by atoms with Crippen LogP contribution < -0.4 is 4.74 Å². The van der Waals surface area contributed by atoms with Crippen LogP contribution in [-0.2, 0) is 4.79 Å². The van der Waals surface area contributed by atoms with E-state index in [0.717, 1.165) is 25.1 Å². The third-order valence-electron chi connectivity index (χ3n) is 4.20. The van der Waals surface area contributed by atoms with Crippen LogP contribution in [0.5, 0.6) is 5.75 Å². The first-order valence-corrected chi connectivity index (χ1v) is 7.95. The molecule has 23 heavy (non-hydrogen) atoms. The molecule has 0 bridgehead atoms. The summed E-state index contributed by atoms with van der Waals surface area (Å²) in [6.07, 6.45) is 4.37. The van der Waals surface area contributed by atoms with Crippen molar-refractivity contribution in [2.24, 2.45) is 0 Å². The maximum Gasteiger partial charge on any atom is 0.263 e. The predicted octanol–water partition coefficient (Wildman–Crippen LogP) is 1.83. The summed E-state index contributed by atoms with van der Waals surface area (Å²) in [6, 6.07) is 7.64. The van der Waals surface area contributed by atoms with Gasteiger partial charge in [-0.3, -0.25) is 4.79 Å². The van der Waals surface area contributed by atoms with Gasteiger partial charge >= 0.3 is 0 Å². The molecule has 1 aliphatic heterocycles. The van der Waals surface area contributed by atoms with Gasteiger partial charge in [0.25, 0.3) is 5.91 Å². The van der Waals surface area contributed by atoms with Crippen molar-refractivity contribution >= 4 is 5.91 Å². The zero-order valence-corrected chi connectivity index (χ0v) is 13.4. The predicted molar refractivity (Wildman–Crippen MR) is 84.3 cm³/mol. The molecule has 0 N–H and O–H groups in total. The van der Waals surface area contributed by atoms with E-state index in [1.165, 1.54) is 12.7 Å². The molecule has 0 aliphatic carbocycles. The molecule has 122 valence electrons. The first-order chi connectivity index (χ1) is 11.1. The van der Waals surface area contributed by atoms with Crippen molar-refractivity contribution in [1.29, 1.82) is 0 Å². The Morgan fingerprint density at radius 3 is 2.74 bits per heavy atom. The highest BCUT2D eigenvalue weighted by Crippen LogP contribution is 2.20. The van der Waals surface area contributed by atoms with E-state index in [4.69, 9.17) is 4.74 Å². The highest BCUT2D eigenvalue weighted by molar-refractivity contribution is 5.81. The Morgan fingerprint density at radius 1 is 1.30 bits per heavy atom. The van der Waals surface area contributed by atoms with Crippen molar-refractivity contribution in [3.63, 3.8) is 0 Å². The Hall–Kier alpha value is -2.44. The molecule has 2 unspecified atom stereocenters. The van der Waals surface area contributed by atoms with E-state index < -0.39 is 6.10 Å². The minimum absolute atomic E-state index is 0.0572. The second kappa shape index (κ2) is 6.76. The number of likely N-dealkylation sites (tertiary alicyclic amines) is 1. The molecule has 1 amide bonds. The van der Waals surface area contributed by atoms with E-state index in [2.05, 4.69) is 22.4 Å². The minimum Gasteiger partial charge on any atom is -0.481 e. The highest BCUT2D eigenvalue weighted by Gasteiger charge is 2.27. The Labute approximate surface area is 135 Å². The maximum atomic E-state index is 12.5. The number of nitrogens with zero attached hydrogens (tertiary/aromatic N) is 5. The maximum absolute atomic E-state index is 12.5. The van der Waals surface area contributed by atoms with E-state index >= 15 is 0 Å². The molecule has 7 nitrogen and oxygen atoms in total. The molecule has 2 aromatic rings. The van der Waals surface area contributed by atoms with Crippen LogP contribution >= 0.6 is 0 Å². The number of hydrogen-bond donors (Lipinski definition) is 0. The standard InChI is InChI=1S/C16H21N5O2/c1-12-5-3-4-10-20(12)16(22)13(2)23-15-8-6-14(7-9-15)21-11-17-18-19-21/h6-9,11-13H,3-5,10H2,1-2H3. The number of rotatable bonds is 4. The number of aromatic nitrogens is 4. The normalized spacial score (nSPS) is 19.4. The van der Waals surface area contributed by atoms with Crippen LogP contribution in [0.15, 0.2) is 30.6 Å². The van der Waals surface area contributed by atoms with Crippen molar-refractivity contribution in [3.05, 3.63) is 30.6 Å². The van der Waals surface area contributed by atoms with E-state index in [0.29, 0.717) is 11.8 Å². The summed E-state index contributed by atoms with van der Waals surface area (Å²) in [6.45, 7) is 4.73. The smallest absolute Gasteiger partial charge is 0.263 e. The molecule has 1 aromatic carbocycles. The summed E-state index contributed by atoms with van der Waals surface area (Å²) < 4.78 is 7.36. The van der Waals surface area contributed by atoms with Crippen LogP contribution in [0.3, 0.4) is 0 Å². The van der Waals surface area contributed by atoms with Gasteiger partial charge in [0, 0.05) is 12.6 Å². The van der Waals surface area contributed by atoms with Crippen molar-refractivity contribution in [2.75, 3.05) is 6.54 Å². The average molecular weight is 315 g/mol. The average Bonchev–Trinajstić information content (AvgIpc) is 3.10. The molecule has 7 heteroatoms. The number of carbonyl (C=O) groups excluding carboxylic acids is 1. The monoisotopic (exact) mass is 315 g/mol. The molecule has 1 aromatic heterocycles. The number of amides is 1. The summed E-state index contributed by atoms with van der Waals surface area (Å²) in [5.41, 5.74) is 0.839. The van der Waals surface area contributed by atoms with Crippen LogP contribution in [-0.4, -0.2) is 49.7 Å². The minimum atomic E-state index is -0.491. The van der Waals surface area contributed by atoms with Gasteiger partial charge in [-0.25, -0.2) is 4.68 Å². The molecule has 1 aliphatic rings. The number of tetrazole rings is 1. The van der Waals surface area contributed by atoms with Crippen LogP contribution in [0.25, 0.3) is 5.69 Å². The molecule has 0 radical (unpaired) electrons. The molecule has 2 atom stereocenters. The molecule has 0 spiro atoms. The Kier molecular flexibility index (Phi) is 4.55. The zero-order valence-electron chi connectivity index (χ0n) is 13.4. The topological polar surface area (TPSA) is 73.1 Å². The number of hydrogen-bond acceptors (Lipinski definition) is 5. The van der Waals surface area contributed by atoms with Gasteiger partial charge in [-0.15, -0.1) is 5.10 Å². The highest BCUT2D eigenvalue weighted by atomic mass is 16.5. The second-order valence-corrected chi connectivity index (χ2v) is 5.88. The quantitative estimate of drug-likeness (QED) is 0.860. The van der Waals surface area contributed by atoms with Gasteiger partial charge in [-0.2, -0.15) is 0 Å². The third kappa shape index (κ3) is 3.49. The van der Waals surface area contributed by atoms with E-state index in [-0.39, 0.29) is 5.91 Å². The van der Waals surface area contributed by atoms with Crippen LogP contribution in [0.2, 0.25) is 0 Å². The lowest BCUT2D eigenvalue weighted by atomic mass is 10.0. The fourth-order valence-electron chi connectivity index (χ4n) is 2.87. The lowest BCUT2D eigenvalue weighted by Crippen LogP contribution is -2.47. The number of benzene rings is 1. The first kappa shape index (κ1) is 15.5. The molecule has 1 fully saturated rings. The lowest BCUT2D eigenvalue weighted by molar-refractivity contribution is -0.141. The number of carbonyl (C=O) groups is 1. The molecule has 1 saturated heterocycles.